The Hall–Kier alpha value is -3.08. The molecule has 0 atom stereocenters. The Morgan fingerprint density at radius 1 is 1.22 bits per heavy atom. The van der Waals surface area contributed by atoms with Gasteiger partial charge < -0.3 is 14.6 Å². The van der Waals surface area contributed by atoms with Crippen molar-refractivity contribution < 1.29 is 9.53 Å². The van der Waals surface area contributed by atoms with Crippen LogP contribution in [0.5, 0.6) is 5.75 Å². The molecule has 27 heavy (non-hydrogen) atoms. The second-order valence-electron chi connectivity index (χ2n) is 6.43. The van der Waals surface area contributed by atoms with Gasteiger partial charge >= 0.3 is 0 Å². The van der Waals surface area contributed by atoms with E-state index in [0.717, 1.165) is 42.0 Å². The zero-order valence-electron chi connectivity index (χ0n) is 15.6. The van der Waals surface area contributed by atoms with Crippen molar-refractivity contribution in [1.29, 1.82) is 0 Å². The zero-order chi connectivity index (χ0) is 19.1. The smallest absolute Gasteiger partial charge is 0.243 e. The summed E-state index contributed by atoms with van der Waals surface area (Å²) in [4.78, 5) is 16.0. The standard InChI is InChI=1S/C22H25N3O2/c1-3-22(26)23-14-6-9-21-24-19-7-4-5-8-20(19)25(21)15-16-27-18-12-10-17(2)11-13-18/h3-5,7-8,10-13H,1,6,9,14-16H2,2H3,(H,23,26). The molecule has 0 fully saturated rings. The number of hydrogen-bond donors (Lipinski definition) is 1. The Bertz CT molecular complexity index is 913. The molecule has 0 saturated heterocycles. The maximum Gasteiger partial charge on any atom is 0.243 e. The minimum absolute atomic E-state index is 0.144. The number of amides is 1. The van der Waals surface area contributed by atoms with Gasteiger partial charge in [-0.15, -0.1) is 0 Å². The summed E-state index contributed by atoms with van der Waals surface area (Å²) in [5, 5.41) is 2.81. The molecule has 0 aliphatic carbocycles. The third kappa shape index (κ3) is 4.97. The Kier molecular flexibility index (Phi) is 6.26. The summed E-state index contributed by atoms with van der Waals surface area (Å²) in [7, 11) is 0. The van der Waals surface area contributed by atoms with Crippen LogP contribution in [0.3, 0.4) is 0 Å². The second-order valence-corrected chi connectivity index (χ2v) is 6.43. The Labute approximate surface area is 159 Å². The van der Waals surface area contributed by atoms with Gasteiger partial charge in [-0.05, 0) is 43.7 Å². The van der Waals surface area contributed by atoms with Crippen molar-refractivity contribution in [2.75, 3.05) is 13.2 Å². The van der Waals surface area contributed by atoms with Crippen LogP contribution in [0.15, 0.2) is 61.2 Å². The number of benzene rings is 2. The number of imidazole rings is 1. The fourth-order valence-electron chi connectivity index (χ4n) is 2.99. The first-order valence-corrected chi connectivity index (χ1v) is 9.21. The van der Waals surface area contributed by atoms with Crippen molar-refractivity contribution in [2.24, 2.45) is 0 Å². The maximum absolute atomic E-state index is 11.3. The molecule has 5 nitrogen and oxygen atoms in total. The highest BCUT2D eigenvalue weighted by molar-refractivity contribution is 5.86. The minimum atomic E-state index is -0.144. The van der Waals surface area contributed by atoms with Crippen molar-refractivity contribution >= 4 is 16.9 Å². The molecule has 1 aromatic heterocycles. The Balaban J connectivity index is 1.65. The van der Waals surface area contributed by atoms with Crippen LogP contribution in [0.25, 0.3) is 11.0 Å². The van der Waals surface area contributed by atoms with E-state index in [-0.39, 0.29) is 5.91 Å². The van der Waals surface area contributed by atoms with E-state index in [1.165, 1.54) is 11.6 Å². The summed E-state index contributed by atoms with van der Waals surface area (Å²) in [6, 6.07) is 16.2. The van der Waals surface area contributed by atoms with Crippen LogP contribution in [0, 0.1) is 6.92 Å². The van der Waals surface area contributed by atoms with Gasteiger partial charge in [0.1, 0.15) is 18.2 Å². The molecular formula is C22H25N3O2. The van der Waals surface area contributed by atoms with Gasteiger partial charge in [-0.3, -0.25) is 4.79 Å². The molecule has 1 amide bonds. The Morgan fingerprint density at radius 2 is 2.00 bits per heavy atom. The number of carbonyl (C=O) groups excluding carboxylic acids is 1. The molecular weight excluding hydrogens is 338 g/mol. The lowest BCUT2D eigenvalue weighted by Gasteiger charge is -2.11. The van der Waals surface area contributed by atoms with Crippen molar-refractivity contribution in [1.82, 2.24) is 14.9 Å². The molecule has 140 valence electrons. The van der Waals surface area contributed by atoms with Crippen LogP contribution in [-0.2, 0) is 17.8 Å². The molecule has 3 aromatic rings. The van der Waals surface area contributed by atoms with E-state index in [4.69, 9.17) is 9.72 Å². The first-order chi connectivity index (χ1) is 13.2. The third-order valence-electron chi connectivity index (χ3n) is 4.40. The van der Waals surface area contributed by atoms with Crippen LogP contribution in [-0.4, -0.2) is 28.6 Å². The van der Waals surface area contributed by atoms with Gasteiger partial charge in [0, 0.05) is 13.0 Å². The normalized spacial score (nSPS) is 10.7. The van der Waals surface area contributed by atoms with Crippen LogP contribution in [0.1, 0.15) is 17.8 Å². The highest BCUT2D eigenvalue weighted by Crippen LogP contribution is 2.18. The lowest BCUT2D eigenvalue weighted by molar-refractivity contribution is -0.116. The van der Waals surface area contributed by atoms with Crippen LogP contribution in [0.4, 0.5) is 0 Å². The number of aryl methyl sites for hydroxylation is 2. The van der Waals surface area contributed by atoms with Gasteiger partial charge in [-0.1, -0.05) is 36.4 Å². The summed E-state index contributed by atoms with van der Waals surface area (Å²) < 4.78 is 8.10. The van der Waals surface area contributed by atoms with Crippen LogP contribution in [0.2, 0.25) is 0 Å². The van der Waals surface area contributed by atoms with Gasteiger partial charge in [0.15, 0.2) is 0 Å². The summed E-state index contributed by atoms with van der Waals surface area (Å²) in [6.07, 6.45) is 2.90. The topological polar surface area (TPSA) is 56.2 Å². The van der Waals surface area contributed by atoms with Crippen molar-refractivity contribution in [3.8, 4) is 5.75 Å². The van der Waals surface area contributed by atoms with Crippen molar-refractivity contribution in [3.63, 3.8) is 0 Å². The second kappa shape index (κ2) is 9.03. The van der Waals surface area contributed by atoms with E-state index >= 15 is 0 Å². The SMILES string of the molecule is C=CC(=O)NCCCc1nc2ccccc2n1CCOc1ccc(C)cc1. The maximum atomic E-state index is 11.3. The van der Waals surface area contributed by atoms with Gasteiger partial charge in [-0.2, -0.15) is 0 Å². The fourth-order valence-corrected chi connectivity index (χ4v) is 2.99. The summed E-state index contributed by atoms with van der Waals surface area (Å²) in [5.41, 5.74) is 3.31. The summed E-state index contributed by atoms with van der Waals surface area (Å²) in [5.74, 6) is 1.74. The van der Waals surface area contributed by atoms with Crippen molar-refractivity contribution in [2.45, 2.75) is 26.3 Å². The van der Waals surface area contributed by atoms with Gasteiger partial charge in [0.05, 0.1) is 17.6 Å². The lowest BCUT2D eigenvalue weighted by atomic mass is 10.2. The highest BCUT2D eigenvalue weighted by atomic mass is 16.5. The molecule has 0 saturated carbocycles. The number of para-hydroxylation sites is 2. The summed E-state index contributed by atoms with van der Waals surface area (Å²) >= 11 is 0. The number of fused-ring (bicyclic) bond motifs is 1. The quantitative estimate of drug-likeness (QED) is 0.466. The molecule has 1 N–H and O–H groups in total. The fraction of sp³-hybridized carbons (Fsp3) is 0.273. The Morgan fingerprint density at radius 3 is 2.78 bits per heavy atom. The minimum Gasteiger partial charge on any atom is -0.492 e. The number of rotatable bonds is 9. The third-order valence-corrected chi connectivity index (χ3v) is 4.40. The first-order valence-electron chi connectivity index (χ1n) is 9.21. The van der Waals surface area contributed by atoms with E-state index in [9.17, 15) is 4.79 Å². The van der Waals surface area contributed by atoms with Gasteiger partial charge in [0.2, 0.25) is 5.91 Å². The number of carbonyl (C=O) groups is 1. The van der Waals surface area contributed by atoms with Crippen LogP contribution >= 0.6 is 0 Å². The molecule has 5 heteroatoms. The van der Waals surface area contributed by atoms with Gasteiger partial charge in [-0.25, -0.2) is 4.98 Å². The van der Waals surface area contributed by atoms with E-state index in [0.29, 0.717) is 13.2 Å². The van der Waals surface area contributed by atoms with E-state index in [1.54, 1.807) is 0 Å². The van der Waals surface area contributed by atoms with Crippen molar-refractivity contribution in [3.05, 3.63) is 72.6 Å². The lowest BCUT2D eigenvalue weighted by Crippen LogP contribution is -2.22. The van der Waals surface area contributed by atoms with E-state index in [2.05, 4.69) is 29.5 Å². The molecule has 0 bridgehead atoms. The van der Waals surface area contributed by atoms with Gasteiger partial charge in [0.25, 0.3) is 0 Å². The summed E-state index contributed by atoms with van der Waals surface area (Å²) in [6.45, 7) is 7.43. The number of nitrogens with zero attached hydrogens (tertiary/aromatic N) is 2. The monoisotopic (exact) mass is 363 g/mol. The molecule has 0 unspecified atom stereocenters. The predicted octanol–water partition coefficient (Wildman–Crippen LogP) is 3.66. The zero-order valence-corrected chi connectivity index (χ0v) is 15.6. The van der Waals surface area contributed by atoms with E-state index in [1.807, 2.05) is 42.5 Å². The van der Waals surface area contributed by atoms with E-state index < -0.39 is 0 Å². The number of ether oxygens (including phenoxy) is 1. The average molecular weight is 363 g/mol. The van der Waals surface area contributed by atoms with Crippen LogP contribution < -0.4 is 10.1 Å². The molecule has 0 radical (unpaired) electrons. The number of hydrogen-bond acceptors (Lipinski definition) is 3. The molecule has 2 aromatic carbocycles. The highest BCUT2D eigenvalue weighted by Gasteiger charge is 2.10. The molecule has 3 rings (SSSR count). The molecule has 0 aliphatic heterocycles. The molecule has 0 aliphatic rings. The largest absolute Gasteiger partial charge is 0.492 e. The number of aromatic nitrogens is 2. The predicted molar refractivity (Wildman–Crippen MR) is 108 cm³/mol. The molecule has 0 spiro atoms. The average Bonchev–Trinajstić information content (AvgIpc) is 3.04. The molecule has 1 heterocycles. The number of nitrogens with one attached hydrogen (secondary N) is 1. The first kappa shape index (κ1) is 18.7.